The molecule has 1 unspecified atom stereocenters. The summed E-state index contributed by atoms with van der Waals surface area (Å²) in [6, 6.07) is 5.57. The normalized spacial score (nSPS) is 13.6. The van der Waals surface area contributed by atoms with Crippen LogP contribution in [0.1, 0.15) is 36.7 Å². The first kappa shape index (κ1) is 18.4. The van der Waals surface area contributed by atoms with Gasteiger partial charge in [0.2, 0.25) is 0 Å². The molecule has 0 aliphatic rings. The molecule has 0 aliphatic heterocycles. The van der Waals surface area contributed by atoms with Crippen LogP contribution in [0, 0.1) is 12.8 Å². The van der Waals surface area contributed by atoms with Crippen LogP contribution in [-0.4, -0.2) is 18.0 Å². The summed E-state index contributed by atoms with van der Waals surface area (Å²) < 4.78 is 1.00. The zero-order valence-electron chi connectivity index (χ0n) is 11.8. The second-order valence-corrected chi connectivity index (χ2v) is 6.05. The van der Waals surface area contributed by atoms with Gasteiger partial charge in [0, 0.05) is 16.6 Å². The number of carbonyl (C=O) groups is 1. The lowest BCUT2D eigenvalue weighted by Crippen LogP contribution is -2.55. The van der Waals surface area contributed by atoms with Gasteiger partial charge >= 0.3 is 0 Å². The Morgan fingerprint density at radius 1 is 1.47 bits per heavy atom. The average molecular weight is 350 g/mol. The largest absolute Gasteiger partial charge is 0.345 e. The third-order valence-electron chi connectivity index (χ3n) is 3.52. The van der Waals surface area contributed by atoms with Gasteiger partial charge in [-0.05, 0) is 43.5 Å². The fourth-order valence-corrected chi connectivity index (χ4v) is 1.80. The van der Waals surface area contributed by atoms with E-state index in [0.29, 0.717) is 12.1 Å². The summed E-state index contributed by atoms with van der Waals surface area (Å²) in [5, 5.41) is 3.03. The predicted octanol–water partition coefficient (Wildman–Crippen LogP) is 3.28. The maximum absolute atomic E-state index is 12.2. The molecule has 1 amide bonds. The lowest BCUT2D eigenvalue weighted by Gasteiger charge is -2.33. The van der Waals surface area contributed by atoms with Crippen LogP contribution < -0.4 is 11.1 Å². The van der Waals surface area contributed by atoms with Gasteiger partial charge in [0.15, 0.2) is 0 Å². The minimum absolute atomic E-state index is 0. The summed E-state index contributed by atoms with van der Waals surface area (Å²) in [6.07, 6.45) is 0. The van der Waals surface area contributed by atoms with Crippen molar-refractivity contribution in [3.05, 3.63) is 33.8 Å². The van der Waals surface area contributed by atoms with Crippen molar-refractivity contribution in [2.45, 2.75) is 33.2 Å². The highest BCUT2D eigenvalue weighted by molar-refractivity contribution is 9.10. The lowest BCUT2D eigenvalue weighted by molar-refractivity contribution is 0.0883. The molecule has 19 heavy (non-hydrogen) atoms. The number of nitrogens with two attached hydrogens (primary N) is 1. The van der Waals surface area contributed by atoms with E-state index in [0.717, 1.165) is 10.0 Å². The summed E-state index contributed by atoms with van der Waals surface area (Å²) in [5.41, 5.74) is 7.10. The number of rotatable bonds is 4. The minimum atomic E-state index is -0.377. The molecule has 0 bridgehead atoms. The smallest absolute Gasteiger partial charge is 0.251 e. The summed E-state index contributed by atoms with van der Waals surface area (Å²) in [6.45, 7) is 8.47. The van der Waals surface area contributed by atoms with Crippen molar-refractivity contribution in [2.75, 3.05) is 6.54 Å². The number of carbonyl (C=O) groups excluding carboxylic acids is 1. The first-order chi connectivity index (χ1) is 8.30. The van der Waals surface area contributed by atoms with Crippen molar-refractivity contribution in [2.24, 2.45) is 11.7 Å². The molecule has 0 fully saturated rings. The van der Waals surface area contributed by atoms with Crippen molar-refractivity contribution in [1.29, 1.82) is 0 Å². The Morgan fingerprint density at radius 2 is 2.05 bits per heavy atom. The molecular weight excluding hydrogens is 328 g/mol. The highest BCUT2D eigenvalue weighted by atomic mass is 79.9. The number of hydrogen-bond donors (Lipinski definition) is 2. The van der Waals surface area contributed by atoms with Crippen LogP contribution in [0.25, 0.3) is 0 Å². The Bertz CT molecular complexity index is 451. The first-order valence-corrected chi connectivity index (χ1v) is 6.88. The molecule has 5 heteroatoms. The summed E-state index contributed by atoms with van der Waals surface area (Å²) in [4.78, 5) is 12.2. The van der Waals surface area contributed by atoms with E-state index in [1.165, 1.54) is 0 Å². The molecule has 1 rings (SSSR count). The molecule has 108 valence electrons. The van der Waals surface area contributed by atoms with E-state index in [1.54, 1.807) is 0 Å². The quantitative estimate of drug-likeness (QED) is 0.876. The summed E-state index contributed by atoms with van der Waals surface area (Å²) in [7, 11) is 0. The zero-order chi connectivity index (χ0) is 13.9. The number of aryl methyl sites for hydroxylation is 1. The molecule has 1 aromatic carbocycles. The minimum Gasteiger partial charge on any atom is -0.345 e. The van der Waals surface area contributed by atoms with Crippen LogP contribution in [-0.2, 0) is 0 Å². The molecule has 0 spiro atoms. The number of benzene rings is 1. The van der Waals surface area contributed by atoms with Crippen molar-refractivity contribution >= 4 is 34.2 Å². The van der Waals surface area contributed by atoms with Crippen molar-refractivity contribution in [3.63, 3.8) is 0 Å². The van der Waals surface area contributed by atoms with Gasteiger partial charge in [-0.3, -0.25) is 4.79 Å². The zero-order valence-corrected chi connectivity index (χ0v) is 14.2. The second-order valence-electron chi connectivity index (χ2n) is 5.19. The van der Waals surface area contributed by atoms with E-state index >= 15 is 0 Å². The molecule has 0 saturated carbocycles. The second kappa shape index (κ2) is 7.27. The van der Waals surface area contributed by atoms with Gasteiger partial charge in [-0.1, -0.05) is 29.8 Å². The highest BCUT2D eigenvalue weighted by Gasteiger charge is 2.28. The third kappa shape index (κ3) is 4.48. The van der Waals surface area contributed by atoms with Crippen LogP contribution in [0.3, 0.4) is 0 Å². The fraction of sp³-hybridized carbons (Fsp3) is 0.500. The lowest BCUT2D eigenvalue weighted by atomic mass is 9.88. The number of halogens is 2. The van der Waals surface area contributed by atoms with Gasteiger partial charge in [-0.15, -0.1) is 12.4 Å². The molecule has 0 saturated heterocycles. The molecule has 1 atom stereocenters. The van der Waals surface area contributed by atoms with E-state index in [-0.39, 0.29) is 29.8 Å². The topological polar surface area (TPSA) is 55.1 Å². The van der Waals surface area contributed by atoms with Gasteiger partial charge in [0.1, 0.15) is 0 Å². The van der Waals surface area contributed by atoms with E-state index in [4.69, 9.17) is 5.73 Å². The molecule has 0 aromatic heterocycles. The van der Waals surface area contributed by atoms with Crippen molar-refractivity contribution in [3.8, 4) is 0 Å². The Hall–Kier alpha value is -0.580. The maximum Gasteiger partial charge on any atom is 0.251 e. The van der Waals surface area contributed by atoms with Crippen LogP contribution in [0.4, 0.5) is 0 Å². The molecule has 1 aromatic rings. The molecule has 3 N–H and O–H groups in total. The van der Waals surface area contributed by atoms with Crippen LogP contribution in [0.2, 0.25) is 0 Å². The summed E-state index contributed by atoms with van der Waals surface area (Å²) in [5.74, 6) is 0.204. The Labute approximate surface area is 129 Å². The highest BCUT2D eigenvalue weighted by Crippen LogP contribution is 2.19. The third-order valence-corrected chi connectivity index (χ3v) is 4.41. The van der Waals surface area contributed by atoms with E-state index in [2.05, 4.69) is 35.1 Å². The van der Waals surface area contributed by atoms with Crippen molar-refractivity contribution in [1.82, 2.24) is 5.32 Å². The molecule has 0 radical (unpaired) electrons. The van der Waals surface area contributed by atoms with Crippen LogP contribution in [0.5, 0.6) is 0 Å². The first-order valence-electron chi connectivity index (χ1n) is 6.09. The van der Waals surface area contributed by atoms with Crippen molar-refractivity contribution < 1.29 is 4.79 Å². The van der Waals surface area contributed by atoms with Gasteiger partial charge in [-0.25, -0.2) is 0 Å². The van der Waals surface area contributed by atoms with E-state index in [9.17, 15) is 4.79 Å². The van der Waals surface area contributed by atoms with Gasteiger partial charge in [0.25, 0.3) is 5.91 Å². The number of nitrogens with one attached hydrogen (secondary N) is 1. The molecular formula is C14H22BrClN2O. The molecule has 0 heterocycles. The SMILES string of the molecule is Cc1cc(C(=O)NC(C)(CN)C(C)C)ccc1Br.Cl. The Kier molecular flexibility index (Phi) is 7.05. The standard InChI is InChI=1S/C14H21BrN2O.ClH/c1-9(2)14(4,8-16)17-13(18)11-5-6-12(15)10(3)7-11;/h5-7,9H,8,16H2,1-4H3,(H,17,18);1H. The number of hydrogen-bond acceptors (Lipinski definition) is 2. The van der Waals surface area contributed by atoms with Gasteiger partial charge < -0.3 is 11.1 Å². The number of amides is 1. The van der Waals surface area contributed by atoms with E-state index in [1.807, 2.05) is 32.0 Å². The van der Waals surface area contributed by atoms with Crippen LogP contribution in [0.15, 0.2) is 22.7 Å². The van der Waals surface area contributed by atoms with E-state index < -0.39 is 0 Å². The fourth-order valence-electron chi connectivity index (χ4n) is 1.55. The van der Waals surface area contributed by atoms with Gasteiger partial charge in [0.05, 0.1) is 5.54 Å². The monoisotopic (exact) mass is 348 g/mol. The average Bonchev–Trinajstić information content (AvgIpc) is 2.32. The summed E-state index contributed by atoms with van der Waals surface area (Å²) >= 11 is 3.43. The Morgan fingerprint density at radius 3 is 2.47 bits per heavy atom. The van der Waals surface area contributed by atoms with Gasteiger partial charge in [-0.2, -0.15) is 0 Å². The molecule has 3 nitrogen and oxygen atoms in total. The molecule has 0 aliphatic carbocycles. The predicted molar refractivity (Wildman–Crippen MR) is 85.9 cm³/mol. The van der Waals surface area contributed by atoms with Crippen LogP contribution >= 0.6 is 28.3 Å². The Balaban J connectivity index is 0.00000324. The maximum atomic E-state index is 12.2.